The van der Waals surface area contributed by atoms with Crippen LogP contribution in [-0.2, 0) is 0 Å². The van der Waals surface area contributed by atoms with Crippen molar-refractivity contribution in [3.8, 4) is 11.3 Å². The summed E-state index contributed by atoms with van der Waals surface area (Å²) in [6, 6.07) is 16.7. The number of pyridine rings is 2. The first-order chi connectivity index (χ1) is 10.7. The van der Waals surface area contributed by atoms with Crippen LogP contribution in [0.25, 0.3) is 27.9 Å². The molecule has 108 valence electrons. The normalized spacial score (nSPS) is 11.6. The molecule has 0 saturated carbocycles. The predicted molar refractivity (Wildman–Crippen MR) is 90.0 cm³/mol. The fourth-order valence-electron chi connectivity index (χ4n) is 2.79. The zero-order valence-electron chi connectivity index (χ0n) is 12.7. The molecule has 3 aromatic heterocycles. The summed E-state index contributed by atoms with van der Waals surface area (Å²) in [6.45, 7) is 4.40. The monoisotopic (exact) mass is 287 g/mol. The molecule has 0 aliphatic rings. The van der Waals surface area contributed by atoms with Crippen LogP contribution in [0, 0.1) is 0 Å². The Morgan fingerprint density at radius 1 is 1.00 bits per heavy atom. The number of benzene rings is 1. The second-order valence-corrected chi connectivity index (χ2v) is 5.87. The molecule has 0 atom stereocenters. The summed E-state index contributed by atoms with van der Waals surface area (Å²) in [6.07, 6.45) is 3.93. The Kier molecular flexibility index (Phi) is 2.93. The minimum absolute atomic E-state index is 0.501. The van der Waals surface area contributed by atoms with Crippen molar-refractivity contribution < 1.29 is 0 Å². The molecule has 22 heavy (non-hydrogen) atoms. The van der Waals surface area contributed by atoms with Crippen molar-refractivity contribution >= 4 is 16.7 Å². The van der Waals surface area contributed by atoms with E-state index in [-0.39, 0.29) is 0 Å². The van der Waals surface area contributed by atoms with Gasteiger partial charge in [0.05, 0.1) is 16.7 Å². The van der Waals surface area contributed by atoms with Crippen LogP contribution in [0.1, 0.15) is 25.3 Å². The third-order valence-corrected chi connectivity index (χ3v) is 4.05. The standard InChI is InChI=1S/C19H17N3/c1-13(2)14-8-9-20-16(11-14)15-6-7-18-17(12-15)21-19-5-3-4-10-22(18)19/h3-13H,1-2H3. The fraction of sp³-hybridized carbons (Fsp3) is 0.158. The number of hydrogen-bond donors (Lipinski definition) is 0. The number of imidazole rings is 1. The van der Waals surface area contributed by atoms with Gasteiger partial charge in [0.2, 0.25) is 0 Å². The van der Waals surface area contributed by atoms with Gasteiger partial charge in [0, 0.05) is 18.0 Å². The third kappa shape index (κ3) is 2.06. The van der Waals surface area contributed by atoms with Crippen LogP contribution in [0.2, 0.25) is 0 Å². The number of nitrogens with zero attached hydrogens (tertiary/aromatic N) is 3. The Balaban J connectivity index is 1.89. The van der Waals surface area contributed by atoms with Crippen molar-refractivity contribution in [3.05, 3.63) is 66.5 Å². The first kappa shape index (κ1) is 13.0. The van der Waals surface area contributed by atoms with E-state index < -0.39 is 0 Å². The van der Waals surface area contributed by atoms with Gasteiger partial charge in [-0.2, -0.15) is 0 Å². The Labute approximate surface area is 129 Å². The molecule has 0 bridgehead atoms. The van der Waals surface area contributed by atoms with Crippen LogP contribution in [0.4, 0.5) is 0 Å². The highest BCUT2D eigenvalue weighted by Gasteiger charge is 2.08. The number of fused-ring (bicyclic) bond motifs is 3. The molecule has 4 aromatic rings. The molecule has 3 nitrogen and oxygen atoms in total. The topological polar surface area (TPSA) is 30.2 Å². The molecule has 4 rings (SSSR count). The molecule has 0 N–H and O–H groups in total. The van der Waals surface area contributed by atoms with Gasteiger partial charge >= 0.3 is 0 Å². The van der Waals surface area contributed by atoms with Gasteiger partial charge in [-0.25, -0.2) is 4.98 Å². The summed E-state index contributed by atoms with van der Waals surface area (Å²) in [7, 11) is 0. The molecule has 0 spiro atoms. The zero-order valence-corrected chi connectivity index (χ0v) is 12.7. The van der Waals surface area contributed by atoms with Crippen molar-refractivity contribution in [1.82, 2.24) is 14.4 Å². The summed E-state index contributed by atoms with van der Waals surface area (Å²) in [4.78, 5) is 9.21. The first-order valence-corrected chi connectivity index (χ1v) is 7.55. The van der Waals surface area contributed by atoms with Crippen molar-refractivity contribution in [2.45, 2.75) is 19.8 Å². The minimum Gasteiger partial charge on any atom is -0.300 e. The molecule has 0 amide bonds. The van der Waals surface area contributed by atoms with Crippen molar-refractivity contribution in [3.63, 3.8) is 0 Å². The van der Waals surface area contributed by atoms with Gasteiger partial charge in [-0.1, -0.05) is 26.0 Å². The van der Waals surface area contributed by atoms with Crippen molar-refractivity contribution in [1.29, 1.82) is 0 Å². The Bertz CT molecular complexity index is 967. The highest BCUT2D eigenvalue weighted by Crippen LogP contribution is 2.25. The molecule has 0 saturated heterocycles. The lowest BCUT2D eigenvalue weighted by molar-refractivity contribution is 0.864. The van der Waals surface area contributed by atoms with Crippen molar-refractivity contribution in [2.75, 3.05) is 0 Å². The van der Waals surface area contributed by atoms with E-state index in [1.54, 1.807) is 0 Å². The van der Waals surface area contributed by atoms with E-state index in [0.717, 1.165) is 27.9 Å². The second kappa shape index (κ2) is 4.95. The van der Waals surface area contributed by atoms with Crippen LogP contribution in [0.5, 0.6) is 0 Å². The largest absolute Gasteiger partial charge is 0.300 e. The maximum Gasteiger partial charge on any atom is 0.137 e. The second-order valence-electron chi connectivity index (χ2n) is 5.87. The average Bonchev–Trinajstić information content (AvgIpc) is 2.92. The van der Waals surface area contributed by atoms with Gasteiger partial charge in [0.15, 0.2) is 0 Å². The zero-order chi connectivity index (χ0) is 15.1. The lowest BCUT2D eigenvalue weighted by Crippen LogP contribution is -1.90. The van der Waals surface area contributed by atoms with E-state index in [2.05, 4.69) is 53.6 Å². The van der Waals surface area contributed by atoms with Crippen LogP contribution < -0.4 is 0 Å². The van der Waals surface area contributed by atoms with Crippen LogP contribution in [-0.4, -0.2) is 14.4 Å². The molecular weight excluding hydrogens is 270 g/mol. The molecule has 1 aromatic carbocycles. The quantitative estimate of drug-likeness (QED) is 0.536. The molecule has 0 unspecified atom stereocenters. The molecule has 0 radical (unpaired) electrons. The first-order valence-electron chi connectivity index (χ1n) is 7.55. The highest BCUT2D eigenvalue weighted by molar-refractivity contribution is 5.84. The molecular formula is C19H17N3. The molecule has 0 fully saturated rings. The van der Waals surface area contributed by atoms with E-state index in [9.17, 15) is 0 Å². The maximum atomic E-state index is 4.69. The van der Waals surface area contributed by atoms with Gasteiger partial charge in [-0.3, -0.25) is 9.38 Å². The van der Waals surface area contributed by atoms with Gasteiger partial charge in [-0.05, 0) is 47.9 Å². The Morgan fingerprint density at radius 3 is 2.77 bits per heavy atom. The molecule has 0 aliphatic carbocycles. The summed E-state index contributed by atoms with van der Waals surface area (Å²) in [5.41, 5.74) is 6.52. The summed E-state index contributed by atoms with van der Waals surface area (Å²) < 4.78 is 2.11. The van der Waals surface area contributed by atoms with E-state index in [4.69, 9.17) is 4.98 Å². The lowest BCUT2D eigenvalue weighted by atomic mass is 10.0. The van der Waals surface area contributed by atoms with Crippen LogP contribution in [0.15, 0.2) is 60.9 Å². The minimum atomic E-state index is 0.501. The maximum absolute atomic E-state index is 4.69. The fourth-order valence-corrected chi connectivity index (χ4v) is 2.79. The predicted octanol–water partition coefficient (Wildman–Crippen LogP) is 4.67. The van der Waals surface area contributed by atoms with Gasteiger partial charge in [0.1, 0.15) is 5.65 Å². The van der Waals surface area contributed by atoms with Crippen LogP contribution in [0.3, 0.4) is 0 Å². The summed E-state index contributed by atoms with van der Waals surface area (Å²) >= 11 is 0. The smallest absolute Gasteiger partial charge is 0.137 e. The van der Waals surface area contributed by atoms with E-state index in [1.165, 1.54) is 5.56 Å². The lowest BCUT2D eigenvalue weighted by Gasteiger charge is -2.07. The summed E-state index contributed by atoms with van der Waals surface area (Å²) in [5, 5.41) is 0. The summed E-state index contributed by atoms with van der Waals surface area (Å²) in [5.74, 6) is 0.501. The van der Waals surface area contributed by atoms with E-state index in [1.807, 2.05) is 30.6 Å². The number of rotatable bonds is 2. The highest BCUT2D eigenvalue weighted by atomic mass is 15.0. The SMILES string of the molecule is CC(C)c1ccnc(-c2ccc3c(c2)nc2ccccn23)c1. The van der Waals surface area contributed by atoms with E-state index in [0.29, 0.717) is 5.92 Å². The van der Waals surface area contributed by atoms with Gasteiger partial charge in [-0.15, -0.1) is 0 Å². The van der Waals surface area contributed by atoms with Crippen LogP contribution >= 0.6 is 0 Å². The molecule has 3 heterocycles. The van der Waals surface area contributed by atoms with Gasteiger partial charge in [0.25, 0.3) is 0 Å². The Morgan fingerprint density at radius 2 is 1.91 bits per heavy atom. The Hall–Kier alpha value is -2.68. The third-order valence-electron chi connectivity index (χ3n) is 4.05. The number of aromatic nitrogens is 3. The van der Waals surface area contributed by atoms with Gasteiger partial charge < -0.3 is 0 Å². The van der Waals surface area contributed by atoms with E-state index >= 15 is 0 Å². The number of hydrogen-bond acceptors (Lipinski definition) is 2. The molecule has 3 heteroatoms. The average molecular weight is 287 g/mol. The molecule has 0 aliphatic heterocycles. The van der Waals surface area contributed by atoms with Crippen molar-refractivity contribution in [2.24, 2.45) is 0 Å².